The van der Waals surface area contributed by atoms with Gasteiger partial charge in [-0.1, -0.05) is 65.3 Å². The number of carbonyl (C=O) groups excluding carboxylic acids is 2. The first-order valence-corrected chi connectivity index (χ1v) is 9.99. The lowest BCUT2D eigenvalue weighted by atomic mass is 10.1. The molecule has 3 nitrogen and oxygen atoms in total. The van der Waals surface area contributed by atoms with Gasteiger partial charge in [0.15, 0.2) is 0 Å². The number of hydrogen-bond donors (Lipinski definition) is 0. The highest BCUT2D eigenvalue weighted by Crippen LogP contribution is 2.41. The van der Waals surface area contributed by atoms with Crippen LogP contribution in [-0.4, -0.2) is 11.8 Å². The summed E-state index contributed by atoms with van der Waals surface area (Å²) < 4.78 is 0. The van der Waals surface area contributed by atoms with E-state index in [1.54, 1.807) is 36.4 Å². The molecule has 0 N–H and O–H groups in total. The van der Waals surface area contributed by atoms with E-state index < -0.39 is 0 Å². The molecule has 6 heteroatoms. The maximum Gasteiger partial charge on any atom is 0.272 e. The molecule has 0 saturated heterocycles. The summed E-state index contributed by atoms with van der Waals surface area (Å²) in [6.45, 7) is 0. The van der Waals surface area contributed by atoms with Crippen molar-refractivity contribution in [1.82, 2.24) is 0 Å². The number of imide groups is 1. The summed E-state index contributed by atoms with van der Waals surface area (Å²) >= 11 is 13.2. The van der Waals surface area contributed by atoms with Crippen LogP contribution in [-0.2, 0) is 9.59 Å². The van der Waals surface area contributed by atoms with E-state index in [9.17, 15) is 9.59 Å². The highest BCUT2D eigenvalue weighted by Gasteiger charge is 2.40. The zero-order chi connectivity index (χ0) is 19.7. The van der Waals surface area contributed by atoms with Gasteiger partial charge in [-0.25, -0.2) is 4.90 Å². The van der Waals surface area contributed by atoms with Gasteiger partial charge >= 0.3 is 0 Å². The smallest absolute Gasteiger partial charge is 0.268 e. The maximum absolute atomic E-state index is 13.2. The van der Waals surface area contributed by atoms with Crippen molar-refractivity contribution >= 4 is 58.0 Å². The van der Waals surface area contributed by atoms with Crippen molar-refractivity contribution in [3.8, 4) is 0 Å². The molecule has 2 amide bonds. The third kappa shape index (κ3) is 3.59. The van der Waals surface area contributed by atoms with E-state index in [-0.39, 0.29) is 11.8 Å². The lowest BCUT2D eigenvalue weighted by Gasteiger charge is -2.15. The molecule has 0 aromatic heterocycles. The monoisotopic (exact) mass is 425 g/mol. The van der Waals surface area contributed by atoms with Crippen LogP contribution in [0.4, 0.5) is 5.69 Å². The Morgan fingerprint density at radius 3 is 1.86 bits per heavy atom. The molecule has 1 aliphatic rings. The average Bonchev–Trinajstić information content (AvgIpc) is 2.95. The number of rotatable bonds is 4. The predicted molar refractivity (Wildman–Crippen MR) is 115 cm³/mol. The molecule has 0 unspecified atom stereocenters. The third-order valence-electron chi connectivity index (χ3n) is 4.22. The fraction of sp³-hybridized carbons (Fsp3) is 0. The zero-order valence-corrected chi connectivity index (χ0v) is 16.8. The van der Waals surface area contributed by atoms with Gasteiger partial charge < -0.3 is 0 Å². The van der Waals surface area contributed by atoms with Gasteiger partial charge in [0.1, 0.15) is 0 Å². The summed E-state index contributed by atoms with van der Waals surface area (Å²) in [5, 5.41) is 1.15. The lowest BCUT2D eigenvalue weighted by Crippen LogP contribution is -2.31. The number of amides is 2. The highest BCUT2D eigenvalue weighted by atomic mass is 35.5. The summed E-state index contributed by atoms with van der Waals surface area (Å²) in [6.07, 6.45) is 0. The van der Waals surface area contributed by atoms with Crippen LogP contribution < -0.4 is 4.90 Å². The molecule has 3 aromatic carbocycles. The second-order valence-corrected chi connectivity index (χ2v) is 8.00. The van der Waals surface area contributed by atoms with Crippen LogP contribution in [0.15, 0.2) is 88.7 Å². The van der Waals surface area contributed by atoms with E-state index in [1.807, 2.05) is 42.5 Å². The molecule has 1 heterocycles. The summed E-state index contributed by atoms with van der Waals surface area (Å²) in [4.78, 5) is 28.9. The highest BCUT2D eigenvalue weighted by molar-refractivity contribution is 8.04. The first-order chi connectivity index (χ1) is 13.5. The van der Waals surface area contributed by atoms with Gasteiger partial charge in [0.2, 0.25) is 0 Å². The summed E-state index contributed by atoms with van der Waals surface area (Å²) in [7, 11) is 0. The number of nitrogens with zero attached hydrogens (tertiary/aromatic N) is 1. The van der Waals surface area contributed by atoms with Crippen molar-refractivity contribution in [3.63, 3.8) is 0 Å². The summed E-state index contributed by atoms with van der Waals surface area (Å²) in [5.41, 5.74) is 1.58. The third-order valence-corrected chi connectivity index (χ3v) is 5.82. The normalized spacial score (nSPS) is 14.1. The van der Waals surface area contributed by atoms with Crippen LogP contribution in [0.25, 0.3) is 5.57 Å². The second-order valence-electron chi connectivity index (χ2n) is 6.05. The number of hydrogen-bond acceptors (Lipinski definition) is 3. The van der Waals surface area contributed by atoms with Gasteiger partial charge in [0.05, 0.1) is 16.2 Å². The van der Waals surface area contributed by atoms with Crippen molar-refractivity contribution in [1.29, 1.82) is 0 Å². The first kappa shape index (κ1) is 18.8. The number of thioether (sulfide) groups is 1. The van der Waals surface area contributed by atoms with Crippen LogP contribution in [0.5, 0.6) is 0 Å². The van der Waals surface area contributed by atoms with Gasteiger partial charge in [0, 0.05) is 14.9 Å². The zero-order valence-electron chi connectivity index (χ0n) is 14.4. The molecule has 0 atom stereocenters. The number of benzene rings is 3. The molecule has 0 saturated carbocycles. The Hall–Kier alpha value is -2.53. The Bertz CT molecular complexity index is 1080. The molecule has 0 radical (unpaired) electrons. The molecule has 4 rings (SSSR count). The molecule has 28 heavy (non-hydrogen) atoms. The van der Waals surface area contributed by atoms with Crippen LogP contribution in [0.1, 0.15) is 5.56 Å². The van der Waals surface area contributed by atoms with Gasteiger partial charge in [-0.2, -0.15) is 0 Å². The molecule has 138 valence electrons. The van der Waals surface area contributed by atoms with Crippen molar-refractivity contribution in [2.45, 2.75) is 4.90 Å². The predicted octanol–water partition coefficient (Wildman–Crippen LogP) is 6.07. The Labute approximate surface area is 176 Å². The van der Waals surface area contributed by atoms with Crippen LogP contribution in [0.2, 0.25) is 10.0 Å². The quantitative estimate of drug-likeness (QED) is 0.475. The fourth-order valence-electron chi connectivity index (χ4n) is 2.91. The van der Waals surface area contributed by atoms with Crippen molar-refractivity contribution < 1.29 is 9.59 Å². The lowest BCUT2D eigenvalue weighted by molar-refractivity contribution is -0.119. The summed E-state index contributed by atoms with van der Waals surface area (Å²) in [5.74, 6) is -0.707. The topological polar surface area (TPSA) is 37.4 Å². The van der Waals surface area contributed by atoms with Gasteiger partial charge in [0.25, 0.3) is 11.8 Å². The Morgan fingerprint density at radius 2 is 1.25 bits per heavy atom. The SMILES string of the molecule is O=C1C(Sc2ccc(Cl)cc2)=C(c2ccccc2)C(=O)N1c1ccc(Cl)cc1. The maximum atomic E-state index is 13.2. The van der Waals surface area contributed by atoms with E-state index in [0.717, 1.165) is 4.90 Å². The minimum Gasteiger partial charge on any atom is -0.268 e. The standard InChI is InChI=1S/C22H13Cl2NO2S/c23-15-6-10-17(11-7-15)25-21(26)19(14-4-2-1-3-5-14)20(22(25)27)28-18-12-8-16(24)9-13-18/h1-13H. The van der Waals surface area contributed by atoms with E-state index in [0.29, 0.717) is 31.8 Å². The molecular weight excluding hydrogens is 413 g/mol. The van der Waals surface area contributed by atoms with E-state index in [1.165, 1.54) is 16.7 Å². The van der Waals surface area contributed by atoms with E-state index in [2.05, 4.69) is 0 Å². The van der Waals surface area contributed by atoms with Gasteiger partial charge in [-0.15, -0.1) is 0 Å². The molecule has 0 aliphatic carbocycles. The summed E-state index contributed by atoms with van der Waals surface area (Å²) in [6, 6.07) is 23.0. The van der Waals surface area contributed by atoms with E-state index >= 15 is 0 Å². The average molecular weight is 426 g/mol. The molecule has 0 fully saturated rings. The van der Waals surface area contributed by atoms with Crippen molar-refractivity contribution in [2.24, 2.45) is 0 Å². The first-order valence-electron chi connectivity index (χ1n) is 8.42. The van der Waals surface area contributed by atoms with E-state index in [4.69, 9.17) is 23.2 Å². The minimum absolute atomic E-state index is 0.352. The van der Waals surface area contributed by atoms with Crippen LogP contribution in [0, 0.1) is 0 Å². The Balaban J connectivity index is 1.80. The van der Waals surface area contributed by atoms with Gasteiger partial charge in [-0.3, -0.25) is 9.59 Å². The Morgan fingerprint density at radius 1 is 0.679 bits per heavy atom. The molecule has 0 spiro atoms. The number of carbonyl (C=O) groups is 2. The number of anilines is 1. The van der Waals surface area contributed by atoms with Crippen molar-refractivity contribution in [3.05, 3.63) is 99.4 Å². The van der Waals surface area contributed by atoms with Crippen LogP contribution in [0.3, 0.4) is 0 Å². The molecule has 3 aromatic rings. The van der Waals surface area contributed by atoms with Crippen molar-refractivity contribution in [2.75, 3.05) is 4.90 Å². The minimum atomic E-state index is -0.355. The molecule has 0 bridgehead atoms. The second kappa shape index (κ2) is 7.84. The van der Waals surface area contributed by atoms with Crippen LogP contribution >= 0.6 is 35.0 Å². The molecule has 1 aliphatic heterocycles. The number of halogens is 2. The molecular formula is C22H13Cl2NO2S. The van der Waals surface area contributed by atoms with Gasteiger partial charge in [-0.05, 0) is 54.1 Å². The largest absolute Gasteiger partial charge is 0.272 e. The Kier molecular flexibility index (Phi) is 5.27. The fourth-order valence-corrected chi connectivity index (χ4v) is 4.15.